The number of rotatable bonds is 2. The summed E-state index contributed by atoms with van der Waals surface area (Å²) >= 11 is 23.5. The van der Waals surface area contributed by atoms with Crippen LogP contribution in [0.5, 0.6) is 0 Å². The molecule has 0 spiro atoms. The Hall–Kier alpha value is -1.13. The molecule has 3 nitrogen and oxygen atoms in total. The van der Waals surface area contributed by atoms with E-state index in [-0.39, 0.29) is 15.7 Å². The largest absolute Gasteiger partial charge is 0.323 e. The Balaban J connectivity index is 2.13. The molecule has 103 valence electrons. The lowest BCUT2D eigenvalue weighted by molar-refractivity contribution is 0.262. The van der Waals surface area contributed by atoms with Gasteiger partial charge < -0.3 is 10.6 Å². The van der Waals surface area contributed by atoms with Gasteiger partial charge in [0.1, 0.15) is 0 Å². The van der Waals surface area contributed by atoms with Crippen LogP contribution in [-0.4, -0.2) is 6.03 Å². The van der Waals surface area contributed by atoms with Crippen molar-refractivity contribution in [2.24, 2.45) is 0 Å². The molecule has 7 heteroatoms. The number of benzene rings is 2. The Kier molecular flexibility index (Phi) is 5.00. The number of hydrogen-bond acceptors (Lipinski definition) is 1. The number of urea groups is 1. The quantitative estimate of drug-likeness (QED) is 0.713. The summed E-state index contributed by atoms with van der Waals surface area (Å²) in [5.74, 6) is 0. The highest BCUT2D eigenvalue weighted by Crippen LogP contribution is 2.33. The number of anilines is 2. The number of halogens is 4. The molecule has 0 bridgehead atoms. The number of carbonyl (C=O) groups is 1. The maximum atomic E-state index is 11.8. The summed E-state index contributed by atoms with van der Waals surface area (Å²) in [5.41, 5.74) is 0.702. The predicted octanol–water partition coefficient (Wildman–Crippen LogP) is 5.74. The van der Waals surface area contributed by atoms with Crippen LogP contribution in [0, 0.1) is 6.07 Å². The molecular weight excluding hydrogens is 342 g/mol. The molecule has 20 heavy (non-hydrogen) atoms. The van der Waals surface area contributed by atoms with Crippen LogP contribution in [0.4, 0.5) is 16.2 Å². The fourth-order valence-corrected chi connectivity index (χ4v) is 2.52. The van der Waals surface area contributed by atoms with Gasteiger partial charge in [0.25, 0.3) is 0 Å². The Morgan fingerprint density at radius 3 is 2.20 bits per heavy atom. The van der Waals surface area contributed by atoms with Gasteiger partial charge in [-0.15, -0.1) is 0 Å². The van der Waals surface area contributed by atoms with Crippen LogP contribution in [0.1, 0.15) is 0 Å². The molecule has 0 aliphatic heterocycles. The SMILES string of the molecule is O=C(Nc1[c]ccc(Cl)c1)Nc1c(Cl)cc(Cl)cc1Cl. The molecule has 2 aromatic rings. The molecule has 0 fully saturated rings. The maximum Gasteiger partial charge on any atom is 0.323 e. The Labute approximate surface area is 135 Å². The van der Waals surface area contributed by atoms with Crippen molar-refractivity contribution < 1.29 is 4.79 Å². The van der Waals surface area contributed by atoms with Gasteiger partial charge in [0.2, 0.25) is 0 Å². The Morgan fingerprint density at radius 1 is 0.950 bits per heavy atom. The molecule has 0 aromatic heterocycles. The van der Waals surface area contributed by atoms with Crippen molar-refractivity contribution in [2.75, 3.05) is 10.6 Å². The van der Waals surface area contributed by atoms with E-state index in [9.17, 15) is 4.79 Å². The van der Waals surface area contributed by atoms with Crippen LogP contribution in [0.15, 0.2) is 30.3 Å². The lowest BCUT2D eigenvalue weighted by Gasteiger charge is -2.11. The summed E-state index contributed by atoms with van der Waals surface area (Å²) < 4.78 is 0. The molecule has 2 amide bonds. The first-order valence-electron chi connectivity index (χ1n) is 5.35. The summed E-state index contributed by atoms with van der Waals surface area (Å²) in [4.78, 5) is 11.8. The van der Waals surface area contributed by atoms with Crippen molar-refractivity contribution in [3.8, 4) is 0 Å². The van der Waals surface area contributed by atoms with Gasteiger partial charge >= 0.3 is 6.03 Å². The van der Waals surface area contributed by atoms with E-state index in [4.69, 9.17) is 46.4 Å². The van der Waals surface area contributed by atoms with E-state index < -0.39 is 6.03 Å². The second-order valence-electron chi connectivity index (χ2n) is 3.74. The zero-order chi connectivity index (χ0) is 14.7. The van der Waals surface area contributed by atoms with Crippen LogP contribution in [0.2, 0.25) is 20.1 Å². The summed E-state index contributed by atoms with van der Waals surface area (Å²) in [6, 6.07) is 10.1. The summed E-state index contributed by atoms with van der Waals surface area (Å²) in [7, 11) is 0. The van der Waals surface area contributed by atoms with Gasteiger partial charge in [-0.05, 0) is 24.3 Å². The lowest BCUT2D eigenvalue weighted by atomic mass is 10.3. The minimum absolute atomic E-state index is 0.243. The van der Waals surface area contributed by atoms with Gasteiger partial charge in [-0.25, -0.2) is 4.79 Å². The standard InChI is InChI=1S/C13H7Cl4N2O/c14-7-2-1-3-9(4-7)18-13(20)19-12-10(16)5-8(15)6-11(12)17/h1-2,4-6H,(H2,18,19,20). The first kappa shape index (κ1) is 15.3. The molecule has 1 radical (unpaired) electrons. The Morgan fingerprint density at radius 2 is 1.60 bits per heavy atom. The van der Waals surface area contributed by atoms with Crippen LogP contribution in [-0.2, 0) is 0 Å². The maximum absolute atomic E-state index is 11.8. The van der Waals surface area contributed by atoms with E-state index in [2.05, 4.69) is 16.7 Å². The van der Waals surface area contributed by atoms with Crippen LogP contribution in [0.25, 0.3) is 0 Å². The average molecular weight is 349 g/mol. The van der Waals surface area contributed by atoms with Gasteiger partial charge in [0.15, 0.2) is 0 Å². The molecule has 0 aliphatic carbocycles. The van der Waals surface area contributed by atoms with Gasteiger partial charge in [0, 0.05) is 16.1 Å². The topological polar surface area (TPSA) is 41.1 Å². The van der Waals surface area contributed by atoms with Gasteiger partial charge in [-0.1, -0.05) is 52.5 Å². The molecule has 2 N–H and O–H groups in total. The van der Waals surface area contributed by atoms with Crippen molar-refractivity contribution in [2.45, 2.75) is 0 Å². The number of amides is 2. The minimum atomic E-state index is -0.519. The zero-order valence-electron chi connectivity index (χ0n) is 9.81. The predicted molar refractivity (Wildman–Crippen MR) is 84.4 cm³/mol. The zero-order valence-corrected chi connectivity index (χ0v) is 12.8. The molecule has 0 aliphatic rings. The highest BCUT2D eigenvalue weighted by molar-refractivity contribution is 6.42. The Bertz CT molecular complexity index is 638. The smallest absolute Gasteiger partial charge is 0.307 e. The first-order valence-corrected chi connectivity index (χ1v) is 6.86. The molecule has 2 rings (SSSR count). The number of hydrogen-bond donors (Lipinski definition) is 2. The van der Waals surface area contributed by atoms with Gasteiger partial charge in [-0.3, -0.25) is 0 Å². The molecule has 0 atom stereocenters. The third-order valence-corrected chi connectivity index (χ3v) is 3.31. The monoisotopic (exact) mass is 347 g/mol. The molecule has 0 unspecified atom stereocenters. The minimum Gasteiger partial charge on any atom is -0.307 e. The number of nitrogens with one attached hydrogen (secondary N) is 2. The van der Waals surface area contributed by atoms with E-state index in [1.165, 1.54) is 12.1 Å². The van der Waals surface area contributed by atoms with Crippen LogP contribution < -0.4 is 10.6 Å². The van der Waals surface area contributed by atoms with E-state index in [0.29, 0.717) is 15.7 Å². The lowest BCUT2D eigenvalue weighted by Crippen LogP contribution is -2.19. The molecule has 2 aromatic carbocycles. The molecule has 0 saturated carbocycles. The van der Waals surface area contributed by atoms with Crippen molar-refractivity contribution in [3.05, 3.63) is 56.5 Å². The third kappa shape index (κ3) is 3.93. The van der Waals surface area contributed by atoms with Gasteiger partial charge in [-0.2, -0.15) is 0 Å². The van der Waals surface area contributed by atoms with E-state index >= 15 is 0 Å². The fraction of sp³-hybridized carbons (Fsp3) is 0. The molecular formula is C13H7Cl4N2O. The second kappa shape index (κ2) is 6.55. The van der Waals surface area contributed by atoms with Crippen molar-refractivity contribution in [1.29, 1.82) is 0 Å². The summed E-state index contributed by atoms with van der Waals surface area (Å²) in [6.45, 7) is 0. The van der Waals surface area contributed by atoms with E-state index in [1.54, 1.807) is 18.2 Å². The summed E-state index contributed by atoms with van der Waals surface area (Å²) in [5, 5.41) is 6.46. The number of carbonyl (C=O) groups excluding carboxylic acids is 1. The second-order valence-corrected chi connectivity index (χ2v) is 5.43. The third-order valence-electron chi connectivity index (χ3n) is 2.26. The fourth-order valence-electron chi connectivity index (χ4n) is 1.44. The molecule has 0 heterocycles. The van der Waals surface area contributed by atoms with E-state index in [1.807, 2.05) is 0 Å². The van der Waals surface area contributed by atoms with Gasteiger partial charge in [0.05, 0.1) is 21.4 Å². The highest BCUT2D eigenvalue weighted by Gasteiger charge is 2.11. The molecule has 0 saturated heterocycles. The highest BCUT2D eigenvalue weighted by atomic mass is 35.5. The van der Waals surface area contributed by atoms with Crippen molar-refractivity contribution >= 4 is 63.8 Å². The average Bonchev–Trinajstić information content (AvgIpc) is 2.33. The normalized spacial score (nSPS) is 10.2. The first-order chi connectivity index (χ1) is 9.45. The van der Waals surface area contributed by atoms with Crippen molar-refractivity contribution in [3.63, 3.8) is 0 Å². The summed E-state index contributed by atoms with van der Waals surface area (Å²) in [6.07, 6.45) is 0. The van der Waals surface area contributed by atoms with E-state index in [0.717, 1.165) is 0 Å². The van der Waals surface area contributed by atoms with Crippen LogP contribution in [0.3, 0.4) is 0 Å². The van der Waals surface area contributed by atoms with Crippen LogP contribution >= 0.6 is 46.4 Å². The van der Waals surface area contributed by atoms with Crippen molar-refractivity contribution in [1.82, 2.24) is 0 Å².